The van der Waals surface area contributed by atoms with Crippen LogP contribution >= 0.6 is 0 Å². The van der Waals surface area contributed by atoms with Crippen LogP contribution in [-0.2, 0) is 0 Å². The third-order valence-corrected chi connectivity index (χ3v) is 4.02. The predicted octanol–water partition coefficient (Wildman–Crippen LogP) is 1.32. The fourth-order valence-corrected chi connectivity index (χ4v) is 2.86. The van der Waals surface area contributed by atoms with E-state index in [4.69, 9.17) is 0 Å². The summed E-state index contributed by atoms with van der Waals surface area (Å²) >= 11 is 0. The molecule has 3 nitrogen and oxygen atoms in total. The first kappa shape index (κ1) is 11.8. The summed E-state index contributed by atoms with van der Waals surface area (Å²) in [4.78, 5) is 17.0. The van der Waals surface area contributed by atoms with Gasteiger partial charge in [0.2, 0.25) is 0 Å². The molecular formula is C14H17FN2O. The molecule has 0 aliphatic carbocycles. The molecule has 1 atom stereocenters. The smallest absolute Gasteiger partial charge is 0.181 e. The number of benzene rings is 1. The number of Topliss-reactive ketones (excluding diaryl/α,β-unsaturated/α-hetero) is 1. The molecule has 1 aromatic rings. The van der Waals surface area contributed by atoms with Crippen molar-refractivity contribution in [3.63, 3.8) is 0 Å². The molecule has 1 unspecified atom stereocenters. The number of carbonyl (C=O) groups excluding carboxylic acids is 1. The number of fused-ring (bicyclic) bond motifs is 3. The van der Waals surface area contributed by atoms with Crippen LogP contribution in [0.15, 0.2) is 18.2 Å². The molecule has 3 aliphatic heterocycles. The number of aryl methyl sites for hydroxylation is 1. The van der Waals surface area contributed by atoms with Crippen molar-refractivity contribution in [2.24, 2.45) is 0 Å². The van der Waals surface area contributed by atoms with Crippen molar-refractivity contribution < 1.29 is 9.18 Å². The molecule has 4 heteroatoms. The Labute approximate surface area is 106 Å². The highest BCUT2D eigenvalue weighted by molar-refractivity contribution is 6.00. The van der Waals surface area contributed by atoms with Crippen LogP contribution in [0.3, 0.4) is 0 Å². The Morgan fingerprint density at radius 1 is 1.28 bits per heavy atom. The zero-order valence-electron chi connectivity index (χ0n) is 10.5. The number of rotatable bonds is 2. The van der Waals surface area contributed by atoms with Gasteiger partial charge in [0, 0.05) is 38.3 Å². The lowest BCUT2D eigenvalue weighted by molar-refractivity contribution is 0.0159. The number of hydrogen-bond acceptors (Lipinski definition) is 3. The molecule has 0 spiro atoms. The summed E-state index contributed by atoms with van der Waals surface area (Å²) in [7, 11) is 0. The van der Waals surface area contributed by atoms with E-state index in [1.54, 1.807) is 19.1 Å². The monoisotopic (exact) mass is 248 g/mol. The quantitative estimate of drug-likeness (QED) is 0.737. The Morgan fingerprint density at radius 2 is 2.00 bits per heavy atom. The molecule has 96 valence electrons. The highest BCUT2D eigenvalue weighted by Gasteiger charge is 2.36. The minimum atomic E-state index is -0.249. The van der Waals surface area contributed by atoms with Gasteiger partial charge in [-0.25, -0.2) is 4.39 Å². The van der Waals surface area contributed by atoms with Crippen LogP contribution in [0.25, 0.3) is 0 Å². The fraction of sp³-hybridized carbons (Fsp3) is 0.500. The molecule has 0 aromatic heterocycles. The van der Waals surface area contributed by atoms with E-state index < -0.39 is 0 Å². The zero-order valence-corrected chi connectivity index (χ0v) is 10.5. The summed E-state index contributed by atoms with van der Waals surface area (Å²) in [5.41, 5.74) is 1.17. The normalized spacial score (nSPS) is 30.4. The Hall–Kier alpha value is -1.26. The highest BCUT2D eigenvalue weighted by Crippen LogP contribution is 2.20. The molecule has 0 radical (unpaired) electrons. The Bertz CT molecular complexity index is 481. The maximum atomic E-state index is 13.2. The van der Waals surface area contributed by atoms with Crippen LogP contribution in [0.1, 0.15) is 15.9 Å². The lowest BCUT2D eigenvalue weighted by Crippen LogP contribution is -2.63. The molecule has 18 heavy (non-hydrogen) atoms. The van der Waals surface area contributed by atoms with Gasteiger partial charge in [0.15, 0.2) is 5.78 Å². The van der Waals surface area contributed by atoms with Crippen LogP contribution in [0, 0.1) is 12.7 Å². The van der Waals surface area contributed by atoms with Gasteiger partial charge in [-0.1, -0.05) is 0 Å². The number of nitrogens with zero attached hydrogens (tertiary/aromatic N) is 2. The van der Waals surface area contributed by atoms with E-state index in [1.807, 2.05) is 0 Å². The number of ketones is 1. The second-order valence-electron chi connectivity index (χ2n) is 5.18. The standard InChI is InChI=1S/C14H17FN2O/c1-10-8-11(2-3-12(10)15)14(18)13-9-16-4-6-17(13)7-5-16/h2-3,8,13H,4-7,9H2,1H3. The largest absolute Gasteiger partial charge is 0.299 e. The third-order valence-electron chi connectivity index (χ3n) is 4.02. The van der Waals surface area contributed by atoms with Crippen molar-refractivity contribution in [1.82, 2.24) is 9.80 Å². The zero-order chi connectivity index (χ0) is 12.7. The number of hydrogen-bond donors (Lipinski definition) is 0. The summed E-state index contributed by atoms with van der Waals surface area (Å²) < 4.78 is 13.2. The minimum Gasteiger partial charge on any atom is -0.299 e. The van der Waals surface area contributed by atoms with E-state index >= 15 is 0 Å². The molecular weight excluding hydrogens is 231 g/mol. The van der Waals surface area contributed by atoms with Gasteiger partial charge in [0.25, 0.3) is 0 Å². The van der Waals surface area contributed by atoms with E-state index in [9.17, 15) is 9.18 Å². The topological polar surface area (TPSA) is 23.6 Å². The Balaban J connectivity index is 1.84. The summed E-state index contributed by atoms with van der Waals surface area (Å²) in [5.74, 6) is -0.122. The number of piperazine rings is 3. The van der Waals surface area contributed by atoms with E-state index in [0.717, 1.165) is 32.7 Å². The SMILES string of the molecule is Cc1cc(C(=O)C2CN3CCN2CC3)ccc1F. The Morgan fingerprint density at radius 3 is 2.56 bits per heavy atom. The molecule has 0 amide bonds. The number of halogens is 1. The van der Waals surface area contributed by atoms with Gasteiger partial charge in [-0.3, -0.25) is 14.6 Å². The van der Waals surface area contributed by atoms with Crippen LogP contribution in [-0.4, -0.2) is 54.3 Å². The van der Waals surface area contributed by atoms with E-state index in [1.165, 1.54) is 6.07 Å². The fourth-order valence-electron chi connectivity index (χ4n) is 2.86. The maximum absolute atomic E-state index is 13.2. The summed E-state index contributed by atoms with van der Waals surface area (Å²) in [5, 5.41) is 0. The first-order valence-electron chi connectivity index (χ1n) is 6.42. The summed E-state index contributed by atoms with van der Waals surface area (Å²) in [6, 6.07) is 4.61. The summed E-state index contributed by atoms with van der Waals surface area (Å²) in [6.45, 7) is 6.57. The molecule has 4 rings (SSSR count). The molecule has 0 N–H and O–H groups in total. The van der Waals surface area contributed by atoms with Crippen LogP contribution in [0.5, 0.6) is 0 Å². The van der Waals surface area contributed by atoms with Gasteiger partial charge in [-0.15, -0.1) is 0 Å². The van der Waals surface area contributed by atoms with Crippen molar-refractivity contribution >= 4 is 5.78 Å². The van der Waals surface area contributed by atoms with Gasteiger partial charge in [0.05, 0.1) is 6.04 Å². The lowest BCUT2D eigenvalue weighted by atomic mass is 9.97. The predicted molar refractivity (Wildman–Crippen MR) is 67.3 cm³/mol. The third kappa shape index (κ3) is 1.95. The van der Waals surface area contributed by atoms with Gasteiger partial charge in [-0.2, -0.15) is 0 Å². The minimum absolute atomic E-state index is 0.0441. The van der Waals surface area contributed by atoms with E-state index in [0.29, 0.717) is 11.1 Å². The molecule has 0 saturated carbocycles. The van der Waals surface area contributed by atoms with Gasteiger partial charge in [0.1, 0.15) is 5.82 Å². The van der Waals surface area contributed by atoms with Crippen LogP contribution in [0.2, 0.25) is 0 Å². The van der Waals surface area contributed by atoms with Crippen molar-refractivity contribution in [2.75, 3.05) is 32.7 Å². The van der Waals surface area contributed by atoms with Gasteiger partial charge in [-0.05, 0) is 30.7 Å². The van der Waals surface area contributed by atoms with Gasteiger partial charge >= 0.3 is 0 Å². The van der Waals surface area contributed by atoms with E-state index in [2.05, 4.69) is 9.80 Å². The highest BCUT2D eigenvalue weighted by atomic mass is 19.1. The Kier molecular flexibility index (Phi) is 2.92. The van der Waals surface area contributed by atoms with Crippen molar-refractivity contribution in [2.45, 2.75) is 13.0 Å². The van der Waals surface area contributed by atoms with Crippen molar-refractivity contribution in [1.29, 1.82) is 0 Å². The lowest BCUT2D eigenvalue weighted by Gasteiger charge is -2.46. The van der Waals surface area contributed by atoms with Gasteiger partial charge < -0.3 is 0 Å². The maximum Gasteiger partial charge on any atom is 0.181 e. The average Bonchev–Trinajstić information content (AvgIpc) is 2.42. The molecule has 3 saturated heterocycles. The second-order valence-corrected chi connectivity index (χ2v) is 5.18. The summed E-state index contributed by atoms with van der Waals surface area (Å²) in [6.07, 6.45) is 0. The molecule has 3 heterocycles. The molecule has 3 fully saturated rings. The first-order valence-corrected chi connectivity index (χ1v) is 6.42. The van der Waals surface area contributed by atoms with E-state index in [-0.39, 0.29) is 17.6 Å². The molecule has 1 aromatic carbocycles. The van der Waals surface area contributed by atoms with Crippen LogP contribution < -0.4 is 0 Å². The molecule has 3 aliphatic rings. The van der Waals surface area contributed by atoms with Crippen molar-refractivity contribution in [3.8, 4) is 0 Å². The average molecular weight is 248 g/mol. The first-order chi connectivity index (χ1) is 8.65. The van der Waals surface area contributed by atoms with Crippen LogP contribution in [0.4, 0.5) is 4.39 Å². The molecule has 2 bridgehead atoms. The van der Waals surface area contributed by atoms with Crippen molar-refractivity contribution in [3.05, 3.63) is 35.1 Å². The number of carbonyl (C=O) groups is 1. The second kappa shape index (κ2) is 4.44.